The molecule has 1 aliphatic rings. The molecule has 0 aliphatic heterocycles. The third-order valence-corrected chi connectivity index (χ3v) is 12.0. The summed E-state index contributed by atoms with van der Waals surface area (Å²) >= 11 is 0. The van der Waals surface area contributed by atoms with Crippen LogP contribution in [0.3, 0.4) is 0 Å². The van der Waals surface area contributed by atoms with Crippen LogP contribution in [0.25, 0.3) is 87.9 Å². The number of fused-ring (bicyclic) bond motifs is 13. The number of hydrogen-bond donors (Lipinski definition) is 0. The van der Waals surface area contributed by atoms with Crippen molar-refractivity contribution in [2.75, 3.05) is 4.90 Å². The van der Waals surface area contributed by atoms with Crippen LogP contribution in [0.15, 0.2) is 179 Å². The lowest BCUT2D eigenvalue weighted by atomic mass is 9.82. The standard InChI is InChI=1S/C52H34N2O2/c1-52(2)43-14-8-6-12-39(43)40-25-22-36(29-44(40)52)54(37-23-26-42-41-13-7-9-15-46(41)55-47(42)30-37)35-21-24-38-34(28-35)19-18-31-16-17-32-20-27-45-50(49(32)48(31)38)56-51(53-45)33-10-4-3-5-11-33/h3-30H,1-2H3. The Morgan fingerprint density at radius 1 is 0.464 bits per heavy atom. The predicted octanol–water partition coefficient (Wildman–Crippen LogP) is 14.6. The normalized spacial score (nSPS) is 13.3. The fraction of sp³-hybridized carbons (Fsp3) is 0.0577. The molecule has 0 unspecified atom stereocenters. The van der Waals surface area contributed by atoms with Gasteiger partial charge in [-0.15, -0.1) is 0 Å². The number of anilines is 3. The summed E-state index contributed by atoms with van der Waals surface area (Å²) in [5.74, 6) is 0.630. The van der Waals surface area contributed by atoms with Gasteiger partial charge in [-0.3, -0.25) is 0 Å². The molecule has 12 rings (SSSR count). The fourth-order valence-corrected chi connectivity index (χ4v) is 9.31. The average Bonchev–Trinajstić information content (AvgIpc) is 3.91. The number of benzene rings is 9. The molecule has 4 nitrogen and oxygen atoms in total. The van der Waals surface area contributed by atoms with Crippen molar-refractivity contribution >= 4 is 82.4 Å². The number of aromatic nitrogens is 1. The van der Waals surface area contributed by atoms with E-state index in [1.54, 1.807) is 0 Å². The van der Waals surface area contributed by atoms with Crippen molar-refractivity contribution in [2.24, 2.45) is 0 Å². The lowest BCUT2D eigenvalue weighted by molar-refractivity contribution is 0.623. The highest BCUT2D eigenvalue weighted by Gasteiger charge is 2.35. The van der Waals surface area contributed by atoms with Gasteiger partial charge >= 0.3 is 0 Å². The molecule has 264 valence electrons. The van der Waals surface area contributed by atoms with Gasteiger partial charge in [-0.05, 0) is 104 Å². The maximum absolute atomic E-state index is 6.61. The van der Waals surface area contributed by atoms with E-state index in [0.29, 0.717) is 5.89 Å². The van der Waals surface area contributed by atoms with Crippen LogP contribution in [-0.4, -0.2) is 4.98 Å². The Hall–Kier alpha value is -7.17. The number of hydrogen-bond acceptors (Lipinski definition) is 4. The van der Waals surface area contributed by atoms with Gasteiger partial charge in [-0.2, -0.15) is 0 Å². The van der Waals surface area contributed by atoms with Crippen LogP contribution in [-0.2, 0) is 5.41 Å². The summed E-state index contributed by atoms with van der Waals surface area (Å²) in [6, 6.07) is 60.7. The second-order valence-corrected chi connectivity index (χ2v) is 15.5. The monoisotopic (exact) mass is 718 g/mol. The first-order valence-corrected chi connectivity index (χ1v) is 19.2. The fourth-order valence-electron chi connectivity index (χ4n) is 9.31. The van der Waals surface area contributed by atoms with E-state index in [2.05, 4.69) is 146 Å². The smallest absolute Gasteiger partial charge is 0.227 e. The highest BCUT2D eigenvalue weighted by Crippen LogP contribution is 2.51. The van der Waals surface area contributed by atoms with Crippen molar-refractivity contribution in [3.05, 3.63) is 181 Å². The van der Waals surface area contributed by atoms with Crippen LogP contribution >= 0.6 is 0 Å². The van der Waals surface area contributed by atoms with Crippen LogP contribution in [0.1, 0.15) is 25.0 Å². The molecule has 0 bridgehead atoms. The van der Waals surface area contributed by atoms with Crippen LogP contribution in [0.2, 0.25) is 0 Å². The summed E-state index contributed by atoms with van der Waals surface area (Å²) in [5.41, 5.74) is 12.8. The summed E-state index contributed by atoms with van der Waals surface area (Å²) in [6.07, 6.45) is 0. The Kier molecular flexibility index (Phi) is 6.37. The van der Waals surface area contributed by atoms with Crippen LogP contribution in [0, 0.1) is 0 Å². The molecule has 0 amide bonds. The van der Waals surface area contributed by atoms with Gasteiger partial charge in [0.05, 0.1) is 0 Å². The number of rotatable bonds is 4. The molecule has 0 saturated carbocycles. The van der Waals surface area contributed by atoms with E-state index in [0.717, 1.165) is 77.2 Å². The average molecular weight is 719 g/mol. The minimum absolute atomic E-state index is 0.133. The molecule has 2 heterocycles. The van der Waals surface area contributed by atoms with Gasteiger partial charge in [-0.25, -0.2) is 4.98 Å². The molecule has 0 spiro atoms. The molecular formula is C52H34N2O2. The van der Waals surface area contributed by atoms with E-state index in [4.69, 9.17) is 13.8 Å². The minimum atomic E-state index is -0.133. The van der Waals surface area contributed by atoms with E-state index in [1.165, 1.54) is 33.0 Å². The lowest BCUT2D eigenvalue weighted by Gasteiger charge is -2.28. The van der Waals surface area contributed by atoms with Gasteiger partial charge in [0.1, 0.15) is 16.7 Å². The summed E-state index contributed by atoms with van der Waals surface area (Å²) in [6.45, 7) is 4.68. The Labute approximate surface area is 322 Å². The van der Waals surface area contributed by atoms with E-state index in [-0.39, 0.29) is 5.41 Å². The largest absolute Gasteiger partial charge is 0.456 e. The molecule has 9 aromatic carbocycles. The molecule has 11 aromatic rings. The van der Waals surface area contributed by atoms with Crippen LogP contribution in [0.4, 0.5) is 17.1 Å². The molecule has 4 heteroatoms. The van der Waals surface area contributed by atoms with E-state index < -0.39 is 0 Å². The van der Waals surface area contributed by atoms with Gasteiger partial charge in [0.2, 0.25) is 5.89 Å². The molecule has 2 aromatic heterocycles. The number of nitrogens with zero attached hydrogens (tertiary/aromatic N) is 2. The van der Waals surface area contributed by atoms with Gasteiger partial charge in [0.15, 0.2) is 5.58 Å². The van der Waals surface area contributed by atoms with Gasteiger partial charge < -0.3 is 13.7 Å². The SMILES string of the molecule is CC1(C)c2ccccc2-c2ccc(N(c3ccc4c(ccc5ccc6ccc7nc(-c8ccccc8)oc7c6c54)c3)c3ccc4c(c3)oc3ccccc34)cc21. The molecule has 0 saturated heterocycles. The molecule has 0 atom stereocenters. The number of oxazole rings is 1. The van der Waals surface area contributed by atoms with E-state index in [9.17, 15) is 0 Å². The van der Waals surface area contributed by atoms with E-state index in [1.807, 2.05) is 42.5 Å². The first-order valence-electron chi connectivity index (χ1n) is 19.2. The third kappa shape index (κ3) is 4.44. The highest BCUT2D eigenvalue weighted by atomic mass is 16.3. The van der Waals surface area contributed by atoms with Gasteiger partial charge in [0, 0.05) is 55.7 Å². The topological polar surface area (TPSA) is 42.4 Å². The summed E-state index contributed by atoms with van der Waals surface area (Å²) in [7, 11) is 0. The van der Waals surface area contributed by atoms with Crippen molar-refractivity contribution < 1.29 is 8.83 Å². The first-order chi connectivity index (χ1) is 27.5. The van der Waals surface area contributed by atoms with Gasteiger partial charge in [-0.1, -0.05) is 117 Å². The molecule has 1 aliphatic carbocycles. The summed E-state index contributed by atoms with van der Waals surface area (Å²) in [5, 5.41) is 9.09. The maximum Gasteiger partial charge on any atom is 0.227 e. The first kappa shape index (κ1) is 31.2. The highest BCUT2D eigenvalue weighted by molar-refractivity contribution is 6.26. The van der Waals surface area contributed by atoms with Crippen molar-refractivity contribution in [3.8, 4) is 22.6 Å². The second-order valence-electron chi connectivity index (χ2n) is 15.5. The van der Waals surface area contributed by atoms with Gasteiger partial charge in [0.25, 0.3) is 0 Å². The van der Waals surface area contributed by atoms with Crippen molar-refractivity contribution in [1.82, 2.24) is 4.98 Å². The third-order valence-electron chi connectivity index (χ3n) is 12.0. The van der Waals surface area contributed by atoms with Crippen molar-refractivity contribution in [3.63, 3.8) is 0 Å². The van der Waals surface area contributed by atoms with Crippen molar-refractivity contribution in [1.29, 1.82) is 0 Å². The quantitative estimate of drug-likeness (QED) is 0.170. The molecule has 56 heavy (non-hydrogen) atoms. The molecular weight excluding hydrogens is 685 g/mol. The minimum Gasteiger partial charge on any atom is -0.456 e. The summed E-state index contributed by atoms with van der Waals surface area (Å²) < 4.78 is 13.1. The zero-order valence-corrected chi connectivity index (χ0v) is 30.9. The Morgan fingerprint density at radius 2 is 1.11 bits per heavy atom. The molecule has 0 fully saturated rings. The second kappa shape index (κ2) is 11.4. The van der Waals surface area contributed by atoms with Crippen molar-refractivity contribution in [2.45, 2.75) is 19.3 Å². The van der Waals surface area contributed by atoms with Crippen LogP contribution in [0.5, 0.6) is 0 Å². The number of para-hydroxylation sites is 1. The predicted molar refractivity (Wildman–Crippen MR) is 231 cm³/mol. The maximum atomic E-state index is 6.61. The molecule has 0 radical (unpaired) electrons. The molecule has 0 N–H and O–H groups in total. The van der Waals surface area contributed by atoms with Crippen LogP contribution < -0.4 is 4.90 Å². The zero-order valence-electron chi connectivity index (χ0n) is 30.9. The Balaban J connectivity index is 1.08. The number of furan rings is 1. The Morgan fingerprint density at radius 3 is 1.98 bits per heavy atom. The summed E-state index contributed by atoms with van der Waals surface area (Å²) in [4.78, 5) is 7.30. The Bertz CT molecular complexity index is 3410. The zero-order chi connectivity index (χ0) is 37.1. The lowest BCUT2D eigenvalue weighted by Crippen LogP contribution is -2.16. The van der Waals surface area contributed by atoms with E-state index >= 15 is 0 Å².